The van der Waals surface area contributed by atoms with Crippen LogP contribution in [-0.2, 0) is 6.54 Å². The van der Waals surface area contributed by atoms with Crippen LogP contribution >= 0.6 is 0 Å². The minimum absolute atomic E-state index is 0.165. The summed E-state index contributed by atoms with van der Waals surface area (Å²) in [7, 11) is 1.65. The fourth-order valence-electron chi connectivity index (χ4n) is 3.09. The second-order valence-corrected chi connectivity index (χ2v) is 6.53. The minimum atomic E-state index is -0.270. The number of rotatable bonds is 3. The number of carbonyl (C=O) groups excluding carboxylic acids is 1. The number of carbonyl (C=O) groups is 1. The lowest BCUT2D eigenvalue weighted by molar-refractivity contribution is 0.0775. The first-order valence-electron chi connectivity index (χ1n) is 8.50. The van der Waals surface area contributed by atoms with Gasteiger partial charge in [0.1, 0.15) is 5.82 Å². The third-order valence-corrected chi connectivity index (χ3v) is 4.35. The van der Waals surface area contributed by atoms with E-state index in [4.69, 9.17) is 0 Å². The number of aromatic nitrogens is 5. The normalized spacial score (nSPS) is 11.2. The van der Waals surface area contributed by atoms with Crippen LogP contribution in [0.2, 0.25) is 0 Å². The quantitative estimate of drug-likeness (QED) is 0.600. The number of H-pyrrole nitrogens is 1. The highest BCUT2D eigenvalue weighted by atomic mass is 16.2. The van der Waals surface area contributed by atoms with Crippen molar-refractivity contribution < 1.29 is 4.79 Å². The number of fused-ring (bicyclic) bond motifs is 2. The average molecular weight is 362 g/mol. The second kappa shape index (κ2) is 6.31. The standard InChI is InChI=1S/C19H18N6O2/c1-11-8-12(2)25-17(20-11)9-15(23-25)19(27)24(3)10-16-21-14-7-5-4-6-13(14)18(26)22-16/h4-9H,10H2,1-3H3,(H,21,22,26). The molecule has 1 amide bonds. The first-order valence-corrected chi connectivity index (χ1v) is 8.50. The van der Waals surface area contributed by atoms with Gasteiger partial charge in [-0.05, 0) is 32.0 Å². The van der Waals surface area contributed by atoms with E-state index in [-0.39, 0.29) is 18.0 Å². The Hall–Kier alpha value is -3.55. The Morgan fingerprint density at radius 1 is 1.19 bits per heavy atom. The summed E-state index contributed by atoms with van der Waals surface area (Å²) in [5.41, 5.74) is 3.06. The predicted octanol–water partition coefficient (Wildman–Crippen LogP) is 1.85. The van der Waals surface area contributed by atoms with Gasteiger partial charge in [-0.1, -0.05) is 12.1 Å². The lowest BCUT2D eigenvalue weighted by Gasteiger charge is -2.15. The predicted molar refractivity (Wildman–Crippen MR) is 101 cm³/mol. The molecule has 1 aromatic carbocycles. The van der Waals surface area contributed by atoms with Gasteiger partial charge in [-0.3, -0.25) is 9.59 Å². The molecular formula is C19H18N6O2. The zero-order chi connectivity index (χ0) is 19.1. The van der Waals surface area contributed by atoms with E-state index in [0.717, 1.165) is 11.4 Å². The summed E-state index contributed by atoms with van der Waals surface area (Å²) in [5.74, 6) is 0.150. The Morgan fingerprint density at radius 2 is 1.96 bits per heavy atom. The third kappa shape index (κ3) is 3.05. The first kappa shape index (κ1) is 16.9. The van der Waals surface area contributed by atoms with Crippen LogP contribution in [0.15, 0.2) is 41.2 Å². The van der Waals surface area contributed by atoms with Crippen LogP contribution in [0.25, 0.3) is 16.6 Å². The molecule has 0 saturated carbocycles. The molecule has 0 aliphatic carbocycles. The molecule has 4 rings (SSSR count). The van der Waals surface area contributed by atoms with Crippen molar-refractivity contribution in [3.05, 3.63) is 69.7 Å². The van der Waals surface area contributed by atoms with Crippen molar-refractivity contribution in [2.75, 3.05) is 7.05 Å². The molecule has 0 fully saturated rings. The highest BCUT2D eigenvalue weighted by Gasteiger charge is 2.18. The van der Waals surface area contributed by atoms with Gasteiger partial charge in [0.25, 0.3) is 11.5 Å². The number of hydrogen-bond donors (Lipinski definition) is 1. The van der Waals surface area contributed by atoms with Gasteiger partial charge in [0.2, 0.25) is 0 Å². The molecule has 0 spiro atoms. The van der Waals surface area contributed by atoms with Gasteiger partial charge in [0.05, 0.1) is 17.4 Å². The number of amides is 1. The molecule has 8 nitrogen and oxygen atoms in total. The van der Waals surface area contributed by atoms with Crippen LogP contribution in [-0.4, -0.2) is 42.4 Å². The van der Waals surface area contributed by atoms with E-state index in [0.29, 0.717) is 28.1 Å². The van der Waals surface area contributed by atoms with Crippen molar-refractivity contribution in [2.24, 2.45) is 0 Å². The lowest BCUT2D eigenvalue weighted by Crippen LogP contribution is -2.28. The highest BCUT2D eigenvalue weighted by molar-refractivity contribution is 5.93. The van der Waals surface area contributed by atoms with Crippen LogP contribution in [0.4, 0.5) is 0 Å². The molecule has 3 aromatic heterocycles. The van der Waals surface area contributed by atoms with E-state index >= 15 is 0 Å². The summed E-state index contributed by atoms with van der Waals surface area (Å²) >= 11 is 0. The summed E-state index contributed by atoms with van der Waals surface area (Å²) in [6.45, 7) is 3.98. The topological polar surface area (TPSA) is 96.3 Å². The highest BCUT2D eigenvalue weighted by Crippen LogP contribution is 2.12. The van der Waals surface area contributed by atoms with Gasteiger partial charge >= 0.3 is 0 Å². The molecule has 0 unspecified atom stereocenters. The molecule has 4 aromatic rings. The summed E-state index contributed by atoms with van der Waals surface area (Å²) in [4.78, 5) is 38.0. The number of para-hydroxylation sites is 1. The monoisotopic (exact) mass is 362 g/mol. The number of aromatic amines is 1. The smallest absolute Gasteiger partial charge is 0.274 e. The molecule has 0 aliphatic heterocycles. The van der Waals surface area contributed by atoms with Gasteiger partial charge in [0.15, 0.2) is 11.3 Å². The molecule has 8 heteroatoms. The van der Waals surface area contributed by atoms with Crippen molar-refractivity contribution in [3.8, 4) is 0 Å². The van der Waals surface area contributed by atoms with Gasteiger partial charge in [0, 0.05) is 24.5 Å². The maximum absolute atomic E-state index is 12.8. The fourth-order valence-corrected chi connectivity index (χ4v) is 3.09. The fraction of sp³-hybridized carbons (Fsp3) is 0.211. The summed E-state index contributed by atoms with van der Waals surface area (Å²) in [6, 6.07) is 10.7. The van der Waals surface area contributed by atoms with Gasteiger partial charge in [-0.2, -0.15) is 5.10 Å². The molecule has 0 atom stereocenters. The molecule has 1 N–H and O–H groups in total. The average Bonchev–Trinajstić information content (AvgIpc) is 3.05. The maximum Gasteiger partial charge on any atom is 0.274 e. The minimum Gasteiger partial charge on any atom is -0.333 e. The van der Waals surface area contributed by atoms with Crippen LogP contribution in [0.3, 0.4) is 0 Å². The Kier molecular flexibility index (Phi) is 3.95. The van der Waals surface area contributed by atoms with E-state index in [1.165, 1.54) is 4.90 Å². The molecule has 0 saturated heterocycles. The molecular weight excluding hydrogens is 344 g/mol. The van der Waals surface area contributed by atoms with Gasteiger partial charge < -0.3 is 9.88 Å². The number of nitrogens with one attached hydrogen (secondary N) is 1. The Labute approximate surface area is 154 Å². The van der Waals surface area contributed by atoms with Crippen molar-refractivity contribution in [2.45, 2.75) is 20.4 Å². The van der Waals surface area contributed by atoms with E-state index < -0.39 is 0 Å². The first-order chi connectivity index (χ1) is 12.9. The molecule has 0 bridgehead atoms. The molecule has 0 radical (unpaired) electrons. The van der Waals surface area contributed by atoms with Crippen LogP contribution in [0.5, 0.6) is 0 Å². The van der Waals surface area contributed by atoms with Crippen molar-refractivity contribution in [3.63, 3.8) is 0 Å². The molecule has 27 heavy (non-hydrogen) atoms. The largest absolute Gasteiger partial charge is 0.333 e. The van der Waals surface area contributed by atoms with Crippen LogP contribution in [0, 0.1) is 13.8 Å². The zero-order valence-corrected chi connectivity index (χ0v) is 15.2. The Bertz CT molecular complexity index is 1240. The number of nitrogens with zero attached hydrogens (tertiary/aromatic N) is 5. The second-order valence-electron chi connectivity index (χ2n) is 6.53. The molecule has 0 aliphatic rings. The summed E-state index contributed by atoms with van der Waals surface area (Å²) in [6.07, 6.45) is 0. The van der Waals surface area contributed by atoms with E-state index in [2.05, 4.69) is 20.1 Å². The van der Waals surface area contributed by atoms with Gasteiger partial charge in [-0.15, -0.1) is 0 Å². The molecule has 3 heterocycles. The summed E-state index contributed by atoms with van der Waals surface area (Å²) < 4.78 is 1.64. The lowest BCUT2D eigenvalue weighted by atomic mass is 10.2. The third-order valence-electron chi connectivity index (χ3n) is 4.35. The Balaban J connectivity index is 1.63. The number of hydrogen-bond acceptors (Lipinski definition) is 5. The Morgan fingerprint density at radius 3 is 2.78 bits per heavy atom. The van der Waals surface area contributed by atoms with E-state index in [1.54, 1.807) is 35.8 Å². The van der Waals surface area contributed by atoms with Crippen LogP contribution < -0.4 is 5.56 Å². The van der Waals surface area contributed by atoms with Crippen LogP contribution in [0.1, 0.15) is 27.7 Å². The summed E-state index contributed by atoms with van der Waals surface area (Å²) in [5, 5.41) is 4.87. The maximum atomic E-state index is 12.8. The molecule has 136 valence electrons. The SMILES string of the molecule is Cc1cc(C)n2nc(C(=O)N(C)Cc3nc4ccccc4c(=O)[nH]3)cc2n1. The van der Waals surface area contributed by atoms with E-state index in [9.17, 15) is 9.59 Å². The zero-order valence-electron chi connectivity index (χ0n) is 15.2. The van der Waals surface area contributed by atoms with Crippen molar-refractivity contribution >= 4 is 22.5 Å². The van der Waals surface area contributed by atoms with Crippen molar-refractivity contribution in [1.82, 2.24) is 29.5 Å². The number of aryl methyl sites for hydroxylation is 2. The van der Waals surface area contributed by atoms with E-state index in [1.807, 2.05) is 26.0 Å². The number of benzene rings is 1. The van der Waals surface area contributed by atoms with Gasteiger partial charge in [-0.25, -0.2) is 14.5 Å². The van der Waals surface area contributed by atoms with Crippen molar-refractivity contribution in [1.29, 1.82) is 0 Å².